The third kappa shape index (κ3) is 3.13. The average Bonchev–Trinajstić information content (AvgIpc) is 2.34. The summed E-state index contributed by atoms with van der Waals surface area (Å²) >= 11 is 0. The van der Waals surface area contributed by atoms with Crippen LogP contribution >= 0.6 is 0 Å². The first-order valence-electron chi connectivity index (χ1n) is 5.94. The van der Waals surface area contributed by atoms with Crippen LogP contribution in [0.3, 0.4) is 0 Å². The number of hydrogen-bond acceptors (Lipinski definition) is 4. The van der Waals surface area contributed by atoms with E-state index in [2.05, 4.69) is 0 Å². The molecule has 5 heteroatoms. The van der Waals surface area contributed by atoms with Crippen LogP contribution in [0.15, 0.2) is 18.2 Å². The molecule has 2 atom stereocenters. The molecule has 100 valence electrons. The van der Waals surface area contributed by atoms with Crippen LogP contribution in [0.25, 0.3) is 0 Å². The number of benzene rings is 1. The van der Waals surface area contributed by atoms with Gasteiger partial charge in [0.25, 0.3) is 0 Å². The molecule has 0 spiro atoms. The molecule has 0 bridgehead atoms. The average molecular weight is 253 g/mol. The van der Waals surface area contributed by atoms with Gasteiger partial charge in [-0.05, 0) is 24.8 Å². The van der Waals surface area contributed by atoms with Crippen LogP contribution in [0.5, 0.6) is 11.5 Å². The Morgan fingerprint density at radius 3 is 2.56 bits per heavy atom. The highest BCUT2D eigenvalue weighted by atomic mass is 16.4. The lowest BCUT2D eigenvalue weighted by atomic mass is 9.86. The molecular formula is C13H19NO4. The van der Waals surface area contributed by atoms with Gasteiger partial charge in [0.2, 0.25) is 0 Å². The molecule has 0 saturated carbocycles. The summed E-state index contributed by atoms with van der Waals surface area (Å²) in [5.41, 5.74) is 6.00. The molecule has 5 N–H and O–H groups in total. The third-order valence-electron chi connectivity index (χ3n) is 3.18. The number of nitrogens with two attached hydrogens (primary N) is 1. The Bertz CT molecular complexity index is 419. The van der Waals surface area contributed by atoms with Crippen molar-refractivity contribution in [3.05, 3.63) is 23.8 Å². The lowest BCUT2D eigenvalue weighted by Crippen LogP contribution is -2.25. The van der Waals surface area contributed by atoms with Gasteiger partial charge in [0.1, 0.15) is 0 Å². The van der Waals surface area contributed by atoms with Crippen molar-refractivity contribution in [2.45, 2.75) is 25.7 Å². The fourth-order valence-corrected chi connectivity index (χ4v) is 2.03. The minimum Gasteiger partial charge on any atom is -0.504 e. The second kappa shape index (κ2) is 6.26. The molecule has 0 aliphatic rings. The molecule has 0 aromatic heterocycles. The zero-order valence-electron chi connectivity index (χ0n) is 10.3. The highest BCUT2D eigenvalue weighted by molar-refractivity contribution is 5.70. The van der Waals surface area contributed by atoms with Crippen LogP contribution in [0, 0.1) is 5.92 Å². The Balaban J connectivity index is 2.96. The summed E-state index contributed by atoms with van der Waals surface area (Å²) in [4.78, 5) is 11.0. The van der Waals surface area contributed by atoms with E-state index in [0.717, 1.165) is 0 Å². The zero-order chi connectivity index (χ0) is 13.7. The second-order valence-electron chi connectivity index (χ2n) is 4.33. The summed E-state index contributed by atoms with van der Waals surface area (Å²) in [6, 6.07) is 4.72. The normalized spacial score (nSPS) is 14.1. The van der Waals surface area contributed by atoms with Gasteiger partial charge in [0.15, 0.2) is 11.5 Å². The van der Waals surface area contributed by atoms with Crippen molar-refractivity contribution in [2.75, 3.05) is 6.54 Å². The largest absolute Gasteiger partial charge is 0.504 e. The summed E-state index contributed by atoms with van der Waals surface area (Å²) < 4.78 is 0. The van der Waals surface area contributed by atoms with E-state index < -0.39 is 11.9 Å². The van der Waals surface area contributed by atoms with Crippen molar-refractivity contribution in [3.8, 4) is 11.5 Å². The van der Waals surface area contributed by atoms with Crippen molar-refractivity contribution in [2.24, 2.45) is 11.7 Å². The van der Waals surface area contributed by atoms with Crippen LogP contribution in [0.4, 0.5) is 0 Å². The van der Waals surface area contributed by atoms with E-state index in [9.17, 15) is 15.0 Å². The second-order valence-corrected chi connectivity index (χ2v) is 4.33. The quantitative estimate of drug-likeness (QED) is 0.577. The Labute approximate surface area is 106 Å². The van der Waals surface area contributed by atoms with Crippen LogP contribution in [0.2, 0.25) is 0 Å². The third-order valence-corrected chi connectivity index (χ3v) is 3.18. The van der Waals surface area contributed by atoms with E-state index in [4.69, 9.17) is 10.8 Å². The summed E-state index contributed by atoms with van der Waals surface area (Å²) in [5.74, 6) is -2.08. The van der Waals surface area contributed by atoms with Crippen LogP contribution in [0.1, 0.15) is 31.2 Å². The number of carboxylic acid groups (broad SMARTS) is 1. The minimum atomic E-state index is -0.935. The number of aliphatic carboxylic acids is 1. The number of hydrogen-bond donors (Lipinski definition) is 4. The van der Waals surface area contributed by atoms with E-state index in [1.807, 2.05) is 6.92 Å². The minimum absolute atomic E-state index is 0.0609. The number of aromatic hydroxyl groups is 2. The molecule has 1 rings (SSSR count). The SMILES string of the molecule is CCC(CC(CN)C(=O)O)c1cccc(O)c1O. The maximum absolute atomic E-state index is 11.0. The molecule has 0 aliphatic carbocycles. The van der Waals surface area contributed by atoms with E-state index in [-0.39, 0.29) is 24.0 Å². The maximum Gasteiger partial charge on any atom is 0.307 e. The van der Waals surface area contributed by atoms with Crippen molar-refractivity contribution >= 4 is 5.97 Å². The van der Waals surface area contributed by atoms with Gasteiger partial charge in [0.05, 0.1) is 5.92 Å². The highest BCUT2D eigenvalue weighted by Gasteiger charge is 2.23. The predicted molar refractivity (Wildman–Crippen MR) is 67.6 cm³/mol. The highest BCUT2D eigenvalue weighted by Crippen LogP contribution is 2.37. The first kappa shape index (κ1) is 14.3. The lowest BCUT2D eigenvalue weighted by molar-refractivity contribution is -0.141. The number of carbonyl (C=O) groups is 1. The van der Waals surface area contributed by atoms with Gasteiger partial charge in [-0.1, -0.05) is 19.1 Å². The Hall–Kier alpha value is -1.75. The Morgan fingerprint density at radius 1 is 1.39 bits per heavy atom. The van der Waals surface area contributed by atoms with Crippen molar-refractivity contribution < 1.29 is 20.1 Å². The molecule has 1 aromatic carbocycles. The number of phenolic OH excluding ortho intramolecular Hbond substituents is 2. The van der Waals surface area contributed by atoms with Gasteiger partial charge < -0.3 is 21.1 Å². The molecule has 0 fully saturated rings. The molecule has 0 heterocycles. The summed E-state index contributed by atoms with van der Waals surface area (Å²) in [5, 5.41) is 28.2. The van der Waals surface area contributed by atoms with E-state index in [1.54, 1.807) is 12.1 Å². The van der Waals surface area contributed by atoms with Crippen LogP contribution in [-0.4, -0.2) is 27.8 Å². The van der Waals surface area contributed by atoms with Gasteiger partial charge in [0, 0.05) is 12.1 Å². The molecule has 1 aromatic rings. The maximum atomic E-state index is 11.0. The molecule has 0 radical (unpaired) electrons. The van der Waals surface area contributed by atoms with Crippen molar-refractivity contribution in [1.82, 2.24) is 0 Å². The fraction of sp³-hybridized carbons (Fsp3) is 0.462. The van der Waals surface area contributed by atoms with E-state index in [1.165, 1.54) is 6.07 Å². The topological polar surface area (TPSA) is 104 Å². The Kier molecular flexibility index (Phi) is 4.97. The van der Waals surface area contributed by atoms with Crippen molar-refractivity contribution in [1.29, 1.82) is 0 Å². The fourth-order valence-electron chi connectivity index (χ4n) is 2.03. The van der Waals surface area contributed by atoms with E-state index in [0.29, 0.717) is 18.4 Å². The standard InChI is InChI=1S/C13H19NO4/c1-2-8(6-9(7-14)13(17)18)10-4-3-5-11(15)12(10)16/h3-5,8-9,15-16H,2,6-7,14H2,1H3,(H,17,18). The number of rotatable bonds is 6. The lowest BCUT2D eigenvalue weighted by Gasteiger charge is -2.20. The number of para-hydroxylation sites is 1. The summed E-state index contributed by atoms with van der Waals surface area (Å²) in [6.07, 6.45) is 1.01. The molecule has 0 amide bonds. The smallest absolute Gasteiger partial charge is 0.307 e. The summed E-state index contributed by atoms with van der Waals surface area (Å²) in [7, 11) is 0. The van der Waals surface area contributed by atoms with E-state index >= 15 is 0 Å². The Morgan fingerprint density at radius 2 is 2.06 bits per heavy atom. The molecule has 0 aliphatic heterocycles. The number of carboxylic acids is 1. The summed E-state index contributed by atoms with van der Waals surface area (Å²) in [6.45, 7) is 1.97. The molecule has 2 unspecified atom stereocenters. The molecule has 5 nitrogen and oxygen atoms in total. The van der Waals surface area contributed by atoms with Gasteiger partial charge in [-0.3, -0.25) is 4.79 Å². The van der Waals surface area contributed by atoms with Crippen LogP contribution < -0.4 is 5.73 Å². The predicted octanol–water partition coefficient (Wildman–Crippen LogP) is 1.64. The zero-order valence-corrected chi connectivity index (χ0v) is 10.3. The van der Waals surface area contributed by atoms with Gasteiger partial charge in [-0.2, -0.15) is 0 Å². The van der Waals surface area contributed by atoms with Gasteiger partial charge in [-0.25, -0.2) is 0 Å². The first-order chi connectivity index (χ1) is 8.51. The van der Waals surface area contributed by atoms with Crippen LogP contribution in [-0.2, 0) is 4.79 Å². The van der Waals surface area contributed by atoms with Gasteiger partial charge >= 0.3 is 5.97 Å². The first-order valence-corrected chi connectivity index (χ1v) is 5.94. The number of phenols is 2. The molecule has 18 heavy (non-hydrogen) atoms. The van der Waals surface area contributed by atoms with Crippen molar-refractivity contribution in [3.63, 3.8) is 0 Å². The molecule has 0 saturated heterocycles. The van der Waals surface area contributed by atoms with Gasteiger partial charge in [-0.15, -0.1) is 0 Å². The monoisotopic (exact) mass is 253 g/mol. The molecular weight excluding hydrogens is 234 g/mol.